The number of methoxy groups -OCH3 is 1. The maximum absolute atomic E-state index is 14.1. The summed E-state index contributed by atoms with van der Waals surface area (Å²) in [6.07, 6.45) is -4.08. The number of hydrogen-bond acceptors (Lipinski definition) is 5. The minimum atomic E-state index is -4.85. The van der Waals surface area contributed by atoms with Crippen molar-refractivity contribution in [1.29, 1.82) is 0 Å². The third-order valence-electron chi connectivity index (χ3n) is 7.25. The molecule has 11 heteroatoms. The van der Waals surface area contributed by atoms with Gasteiger partial charge in [-0.15, -0.1) is 0 Å². The molecule has 2 saturated heterocycles. The molecule has 2 heterocycles. The van der Waals surface area contributed by atoms with Gasteiger partial charge in [0.1, 0.15) is 5.82 Å². The van der Waals surface area contributed by atoms with Crippen LogP contribution < -0.4 is 5.32 Å². The predicted molar refractivity (Wildman–Crippen MR) is 129 cm³/mol. The second-order valence-electron chi connectivity index (χ2n) is 10.00. The van der Waals surface area contributed by atoms with Crippen molar-refractivity contribution in [3.8, 4) is 0 Å². The molecule has 204 valence electrons. The summed E-state index contributed by atoms with van der Waals surface area (Å²) in [6, 6.07) is 8.53. The SMILES string of the molecule is COC(=O)c1ccc(CN2C(=O)C(C(C)C)NC23CCN(C(=O)c2ccc(C(F)(F)F)c(F)c2)CC3)cc1. The Morgan fingerprint density at radius 2 is 1.68 bits per heavy atom. The first-order chi connectivity index (χ1) is 17.9. The fourth-order valence-corrected chi connectivity index (χ4v) is 5.09. The first-order valence-electron chi connectivity index (χ1n) is 12.3. The Hall–Kier alpha value is -3.47. The van der Waals surface area contributed by atoms with Crippen LogP contribution in [-0.4, -0.2) is 59.5 Å². The van der Waals surface area contributed by atoms with Crippen molar-refractivity contribution in [1.82, 2.24) is 15.1 Å². The number of halogens is 4. The molecule has 0 bridgehead atoms. The molecular formula is C27H29F4N3O4. The number of amides is 2. The lowest BCUT2D eigenvalue weighted by Crippen LogP contribution is -2.59. The van der Waals surface area contributed by atoms with Gasteiger partial charge in [0.05, 0.1) is 29.9 Å². The Morgan fingerprint density at radius 1 is 1.08 bits per heavy atom. The molecular weight excluding hydrogens is 506 g/mol. The molecule has 1 atom stereocenters. The van der Waals surface area contributed by atoms with Gasteiger partial charge in [0, 0.05) is 38.0 Å². The van der Waals surface area contributed by atoms with Crippen molar-refractivity contribution in [2.75, 3.05) is 20.2 Å². The third kappa shape index (κ3) is 5.24. The topological polar surface area (TPSA) is 79.0 Å². The summed E-state index contributed by atoms with van der Waals surface area (Å²) in [5.41, 5.74) is -1.10. The number of benzene rings is 2. The van der Waals surface area contributed by atoms with E-state index in [1.807, 2.05) is 13.8 Å². The van der Waals surface area contributed by atoms with Crippen molar-refractivity contribution in [2.45, 2.75) is 51.1 Å². The highest BCUT2D eigenvalue weighted by molar-refractivity contribution is 5.94. The van der Waals surface area contributed by atoms with E-state index in [0.717, 1.165) is 11.6 Å². The predicted octanol–water partition coefficient (Wildman–Crippen LogP) is 4.22. The van der Waals surface area contributed by atoms with Crippen LogP contribution in [0.25, 0.3) is 0 Å². The summed E-state index contributed by atoms with van der Waals surface area (Å²) in [5.74, 6) is -2.58. The number of ether oxygens (including phenoxy) is 1. The van der Waals surface area contributed by atoms with E-state index in [9.17, 15) is 31.9 Å². The molecule has 1 N–H and O–H groups in total. The molecule has 1 unspecified atom stereocenters. The van der Waals surface area contributed by atoms with E-state index in [2.05, 4.69) is 5.32 Å². The number of hydrogen-bond donors (Lipinski definition) is 1. The smallest absolute Gasteiger partial charge is 0.419 e. The standard InChI is InChI=1S/C27H29F4N3O4/c1-16(2)22-24(36)34(15-17-4-6-18(7-5-17)25(37)38-3)26(32-22)10-12-33(13-11-26)23(35)19-8-9-20(21(28)14-19)27(29,30)31/h4-9,14,16,22,32H,10-13,15H2,1-3H3. The molecule has 2 aromatic carbocycles. The van der Waals surface area contributed by atoms with Gasteiger partial charge in [-0.05, 0) is 41.8 Å². The van der Waals surface area contributed by atoms with Gasteiger partial charge < -0.3 is 14.5 Å². The van der Waals surface area contributed by atoms with E-state index in [4.69, 9.17) is 4.74 Å². The molecule has 2 aliphatic heterocycles. The van der Waals surface area contributed by atoms with Crippen LogP contribution in [0.2, 0.25) is 0 Å². The van der Waals surface area contributed by atoms with Gasteiger partial charge in [-0.1, -0.05) is 26.0 Å². The zero-order valence-corrected chi connectivity index (χ0v) is 21.3. The van der Waals surface area contributed by atoms with Crippen LogP contribution in [0.1, 0.15) is 58.5 Å². The molecule has 1 spiro atoms. The van der Waals surface area contributed by atoms with E-state index in [1.54, 1.807) is 29.2 Å². The van der Waals surface area contributed by atoms with Crippen LogP contribution >= 0.6 is 0 Å². The summed E-state index contributed by atoms with van der Waals surface area (Å²) in [7, 11) is 1.30. The molecule has 2 fully saturated rings. The van der Waals surface area contributed by atoms with Crippen molar-refractivity contribution in [2.24, 2.45) is 5.92 Å². The highest BCUT2D eigenvalue weighted by Gasteiger charge is 2.52. The number of nitrogens with one attached hydrogen (secondary N) is 1. The summed E-state index contributed by atoms with van der Waals surface area (Å²) >= 11 is 0. The Bertz CT molecular complexity index is 1220. The lowest BCUT2D eigenvalue weighted by molar-refractivity contribution is -0.140. The molecule has 0 aromatic heterocycles. The lowest BCUT2D eigenvalue weighted by Gasteiger charge is -2.45. The normalized spacial score (nSPS) is 19.4. The van der Waals surface area contributed by atoms with Crippen LogP contribution in [0.3, 0.4) is 0 Å². The Balaban J connectivity index is 1.51. The van der Waals surface area contributed by atoms with Crippen LogP contribution in [0.15, 0.2) is 42.5 Å². The number of nitrogens with zero attached hydrogens (tertiary/aromatic N) is 2. The molecule has 0 radical (unpaired) electrons. The number of esters is 1. The number of carbonyl (C=O) groups excluding carboxylic acids is 3. The lowest BCUT2D eigenvalue weighted by atomic mass is 9.94. The van der Waals surface area contributed by atoms with Crippen molar-refractivity contribution in [3.63, 3.8) is 0 Å². The van der Waals surface area contributed by atoms with E-state index in [1.165, 1.54) is 12.0 Å². The Kier molecular flexibility index (Phi) is 7.51. The van der Waals surface area contributed by atoms with Gasteiger partial charge in [-0.3, -0.25) is 14.9 Å². The molecule has 2 aliphatic rings. The second kappa shape index (κ2) is 10.4. The first-order valence-corrected chi connectivity index (χ1v) is 12.3. The van der Waals surface area contributed by atoms with Gasteiger partial charge in [0.2, 0.25) is 5.91 Å². The maximum Gasteiger partial charge on any atom is 0.419 e. The van der Waals surface area contributed by atoms with Crippen LogP contribution in [0.5, 0.6) is 0 Å². The van der Waals surface area contributed by atoms with E-state index in [0.29, 0.717) is 30.5 Å². The average Bonchev–Trinajstić information content (AvgIpc) is 3.14. The van der Waals surface area contributed by atoms with E-state index < -0.39 is 41.1 Å². The van der Waals surface area contributed by atoms with Gasteiger partial charge in [0.25, 0.3) is 5.91 Å². The summed E-state index contributed by atoms with van der Waals surface area (Å²) in [5, 5.41) is 3.48. The van der Waals surface area contributed by atoms with Crippen LogP contribution in [-0.2, 0) is 22.3 Å². The minimum Gasteiger partial charge on any atom is -0.465 e. The van der Waals surface area contributed by atoms with Gasteiger partial charge in [-0.25, -0.2) is 9.18 Å². The first kappa shape index (κ1) is 27.6. The monoisotopic (exact) mass is 535 g/mol. The van der Waals surface area contributed by atoms with Gasteiger partial charge in [0.15, 0.2) is 0 Å². The minimum absolute atomic E-state index is 0.0147. The van der Waals surface area contributed by atoms with E-state index in [-0.39, 0.29) is 37.0 Å². The van der Waals surface area contributed by atoms with Crippen molar-refractivity contribution < 1.29 is 36.7 Å². The Morgan fingerprint density at radius 3 is 2.21 bits per heavy atom. The van der Waals surface area contributed by atoms with E-state index >= 15 is 0 Å². The van der Waals surface area contributed by atoms with Crippen molar-refractivity contribution >= 4 is 17.8 Å². The zero-order valence-electron chi connectivity index (χ0n) is 21.3. The molecule has 0 aliphatic carbocycles. The molecule has 2 aromatic rings. The molecule has 7 nitrogen and oxygen atoms in total. The fourth-order valence-electron chi connectivity index (χ4n) is 5.09. The second-order valence-corrected chi connectivity index (χ2v) is 10.00. The van der Waals surface area contributed by atoms with Crippen LogP contribution in [0, 0.1) is 11.7 Å². The highest BCUT2D eigenvalue weighted by atomic mass is 19.4. The quantitative estimate of drug-likeness (QED) is 0.458. The van der Waals surface area contributed by atoms with Crippen LogP contribution in [0.4, 0.5) is 17.6 Å². The molecule has 2 amide bonds. The average molecular weight is 536 g/mol. The molecule has 4 rings (SSSR count). The number of carbonyl (C=O) groups is 3. The Labute approximate surface area is 217 Å². The number of rotatable bonds is 5. The zero-order chi connectivity index (χ0) is 27.8. The van der Waals surface area contributed by atoms with Gasteiger partial charge in [-0.2, -0.15) is 13.2 Å². The molecule has 38 heavy (non-hydrogen) atoms. The number of piperidine rings is 1. The number of alkyl halides is 3. The summed E-state index contributed by atoms with van der Waals surface area (Å²) in [4.78, 5) is 41.4. The largest absolute Gasteiger partial charge is 0.465 e. The fraction of sp³-hybridized carbons (Fsp3) is 0.444. The number of likely N-dealkylation sites (tertiary alicyclic amines) is 1. The van der Waals surface area contributed by atoms with Crippen molar-refractivity contribution in [3.05, 3.63) is 70.5 Å². The van der Waals surface area contributed by atoms with Gasteiger partial charge >= 0.3 is 12.1 Å². The third-order valence-corrected chi connectivity index (χ3v) is 7.25. The molecule has 0 saturated carbocycles. The highest BCUT2D eigenvalue weighted by Crippen LogP contribution is 2.36. The summed E-state index contributed by atoms with van der Waals surface area (Å²) in [6.45, 7) is 4.62. The maximum atomic E-state index is 14.1. The summed E-state index contributed by atoms with van der Waals surface area (Å²) < 4.78 is 57.5.